The van der Waals surface area contributed by atoms with Gasteiger partial charge in [0.05, 0.1) is 29.2 Å². The number of aromatic nitrogens is 2. The van der Waals surface area contributed by atoms with E-state index in [2.05, 4.69) is 10.3 Å². The van der Waals surface area contributed by atoms with Gasteiger partial charge in [0.1, 0.15) is 12.3 Å². The quantitative estimate of drug-likeness (QED) is 0.365. The molecule has 1 amide bonds. The van der Waals surface area contributed by atoms with Gasteiger partial charge >= 0.3 is 0 Å². The van der Waals surface area contributed by atoms with Crippen LogP contribution in [-0.4, -0.2) is 37.0 Å². The first-order valence-corrected chi connectivity index (χ1v) is 12.6. The average molecular weight is 491 g/mol. The maximum absolute atomic E-state index is 13.5. The van der Waals surface area contributed by atoms with Crippen molar-refractivity contribution >= 4 is 21.6 Å². The summed E-state index contributed by atoms with van der Waals surface area (Å²) in [5.74, 6) is 0.149. The fraction of sp³-hybridized carbons (Fsp3) is 0.154. The van der Waals surface area contributed by atoms with Gasteiger partial charge in [-0.2, -0.15) is 0 Å². The van der Waals surface area contributed by atoms with Crippen LogP contribution in [0.3, 0.4) is 0 Å². The number of sulfonamides is 1. The molecule has 0 radical (unpaired) electrons. The topological polar surface area (TPSA) is 93.5 Å². The number of nitrogens with one attached hydrogen (secondary N) is 1. The normalized spacial score (nSPS) is 11.1. The summed E-state index contributed by atoms with van der Waals surface area (Å²) in [7, 11) is -4.00. The van der Waals surface area contributed by atoms with Crippen LogP contribution in [-0.2, 0) is 21.4 Å². The number of carbonyl (C=O) groups excluding carboxylic acids is 1. The minimum absolute atomic E-state index is 0.0723. The Kier molecular flexibility index (Phi) is 7.47. The van der Waals surface area contributed by atoms with Crippen LogP contribution in [0.15, 0.2) is 102 Å². The number of hydrogen-bond acceptors (Lipinski definition) is 5. The van der Waals surface area contributed by atoms with Gasteiger partial charge in [0, 0.05) is 18.9 Å². The van der Waals surface area contributed by atoms with Crippen LogP contribution in [0.25, 0.3) is 5.69 Å². The monoisotopic (exact) mass is 490 g/mol. The molecule has 0 spiro atoms. The number of rotatable bonds is 10. The van der Waals surface area contributed by atoms with Gasteiger partial charge in [0.2, 0.25) is 5.91 Å². The van der Waals surface area contributed by atoms with E-state index < -0.39 is 15.9 Å². The fourth-order valence-electron chi connectivity index (χ4n) is 3.61. The number of carbonyl (C=O) groups is 1. The number of anilines is 1. The van der Waals surface area contributed by atoms with Crippen molar-refractivity contribution in [1.29, 1.82) is 0 Å². The number of ether oxygens (including phenoxy) is 1. The minimum Gasteiger partial charge on any atom is -0.494 e. The third-order valence-corrected chi connectivity index (χ3v) is 7.09. The average Bonchev–Trinajstić information content (AvgIpc) is 3.42. The number of amides is 1. The van der Waals surface area contributed by atoms with Crippen LogP contribution < -0.4 is 14.4 Å². The molecule has 8 nitrogen and oxygen atoms in total. The zero-order chi connectivity index (χ0) is 24.7. The SMILES string of the molecule is CCOc1ccc(S(=O)(=O)N(CC(=O)NCc2ccccc2-n2ccnc2)c2ccccc2)cc1. The van der Waals surface area contributed by atoms with Gasteiger partial charge in [-0.05, 0) is 55.0 Å². The number of benzene rings is 3. The molecule has 0 fully saturated rings. The lowest BCUT2D eigenvalue weighted by atomic mass is 10.1. The van der Waals surface area contributed by atoms with E-state index in [-0.39, 0.29) is 18.0 Å². The minimum atomic E-state index is -4.00. The molecule has 0 saturated heterocycles. The number of nitrogens with zero attached hydrogens (tertiary/aromatic N) is 3. The molecule has 0 aliphatic carbocycles. The zero-order valence-electron chi connectivity index (χ0n) is 19.2. The number of imidazole rings is 1. The Balaban J connectivity index is 1.54. The highest BCUT2D eigenvalue weighted by molar-refractivity contribution is 7.92. The molecule has 1 N–H and O–H groups in total. The van der Waals surface area contributed by atoms with Crippen molar-refractivity contribution in [3.8, 4) is 11.4 Å². The molecule has 0 aliphatic heterocycles. The molecule has 180 valence electrons. The lowest BCUT2D eigenvalue weighted by molar-refractivity contribution is -0.119. The van der Waals surface area contributed by atoms with Crippen LogP contribution in [0.5, 0.6) is 5.75 Å². The van der Waals surface area contributed by atoms with Gasteiger partial charge in [0.25, 0.3) is 10.0 Å². The lowest BCUT2D eigenvalue weighted by Gasteiger charge is -2.24. The Bertz CT molecular complexity index is 1360. The second-order valence-electron chi connectivity index (χ2n) is 7.63. The van der Waals surface area contributed by atoms with Crippen molar-refractivity contribution in [3.05, 3.63) is 103 Å². The zero-order valence-corrected chi connectivity index (χ0v) is 20.1. The molecule has 35 heavy (non-hydrogen) atoms. The second kappa shape index (κ2) is 10.9. The smallest absolute Gasteiger partial charge is 0.264 e. The van der Waals surface area contributed by atoms with Crippen molar-refractivity contribution in [2.45, 2.75) is 18.4 Å². The summed E-state index contributed by atoms with van der Waals surface area (Å²) in [5, 5.41) is 2.85. The molecule has 1 heterocycles. The van der Waals surface area contributed by atoms with Crippen LogP contribution in [0.4, 0.5) is 5.69 Å². The summed E-state index contributed by atoms with van der Waals surface area (Å²) >= 11 is 0. The summed E-state index contributed by atoms with van der Waals surface area (Å²) in [6.07, 6.45) is 5.18. The summed E-state index contributed by atoms with van der Waals surface area (Å²) in [4.78, 5) is 17.1. The van der Waals surface area contributed by atoms with Crippen molar-refractivity contribution < 1.29 is 17.9 Å². The molecule has 9 heteroatoms. The predicted octanol–water partition coefficient (Wildman–Crippen LogP) is 3.78. The highest BCUT2D eigenvalue weighted by atomic mass is 32.2. The Labute approximate surface area is 204 Å². The third-order valence-electron chi connectivity index (χ3n) is 5.30. The maximum Gasteiger partial charge on any atom is 0.264 e. The molecule has 0 aliphatic rings. The van der Waals surface area contributed by atoms with Gasteiger partial charge in [-0.15, -0.1) is 0 Å². The third kappa shape index (κ3) is 5.70. The highest BCUT2D eigenvalue weighted by Crippen LogP contribution is 2.25. The van der Waals surface area contributed by atoms with Crippen LogP contribution in [0, 0.1) is 0 Å². The van der Waals surface area contributed by atoms with E-state index in [1.54, 1.807) is 55.0 Å². The molecule has 0 unspecified atom stereocenters. The van der Waals surface area contributed by atoms with Gasteiger partial charge < -0.3 is 14.6 Å². The van der Waals surface area contributed by atoms with Crippen LogP contribution >= 0.6 is 0 Å². The van der Waals surface area contributed by atoms with Crippen molar-refractivity contribution in [2.75, 3.05) is 17.5 Å². The molecule has 3 aromatic carbocycles. The first-order valence-electron chi connectivity index (χ1n) is 11.1. The highest BCUT2D eigenvalue weighted by Gasteiger charge is 2.27. The van der Waals surface area contributed by atoms with Crippen molar-refractivity contribution in [2.24, 2.45) is 0 Å². The van der Waals surface area contributed by atoms with Gasteiger partial charge in [-0.25, -0.2) is 13.4 Å². The molecule has 0 atom stereocenters. The van der Waals surface area contributed by atoms with E-state index in [4.69, 9.17) is 4.74 Å². The first-order chi connectivity index (χ1) is 17.0. The lowest BCUT2D eigenvalue weighted by Crippen LogP contribution is -2.40. The second-order valence-corrected chi connectivity index (χ2v) is 9.49. The molecular formula is C26H26N4O4S. The maximum atomic E-state index is 13.5. The van der Waals surface area contributed by atoms with Gasteiger partial charge in [-0.1, -0.05) is 36.4 Å². The number of para-hydroxylation sites is 2. The molecule has 1 aromatic heterocycles. The van der Waals surface area contributed by atoms with Gasteiger partial charge in [0.15, 0.2) is 0 Å². The van der Waals surface area contributed by atoms with Gasteiger partial charge in [-0.3, -0.25) is 9.10 Å². The molecular weight excluding hydrogens is 464 g/mol. The van der Waals surface area contributed by atoms with Crippen LogP contribution in [0.2, 0.25) is 0 Å². The summed E-state index contributed by atoms with van der Waals surface area (Å²) in [6.45, 7) is 2.20. The van der Waals surface area contributed by atoms with Crippen LogP contribution in [0.1, 0.15) is 12.5 Å². The largest absolute Gasteiger partial charge is 0.494 e. The van der Waals surface area contributed by atoms with E-state index >= 15 is 0 Å². The van der Waals surface area contributed by atoms with E-state index in [1.165, 1.54) is 12.1 Å². The van der Waals surface area contributed by atoms with E-state index in [9.17, 15) is 13.2 Å². The Morgan fingerprint density at radius 2 is 1.71 bits per heavy atom. The Morgan fingerprint density at radius 3 is 2.40 bits per heavy atom. The van der Waals surface area contributed by atoms with Crippen molar-refractivity contribution in [3.63, 3.8) is 0 Å². The Hall–Kier alpha value is -4.11. The van der Waals surface area contributed by atoms with E-state index in [0.717, 1.165) is 15.6 Å². The van der Waals surface area contributed by atoms with E-state index in [1.807, 2.05) is 42.0 Å². The number of hydrogen-bond donors (Lipinski definition) is 1. The standard InChI is InChI=1S/C26H26N4O4S/c1-2-34-23-12-14-24(15-13-23)35(32,33)30(22-9-4-3-5-10-22)19-26(31)28-18-21-8-6-7-11-25(21)29-17-16-27-20-29/h3-17,20H,2,18-19H2,1H3,(H,28,31). The van der Waals surface area contributed by atoms with Crippen molar-refractivity contribution in [1.82, 2.24) is 14.9 Å². The van der Waals surface area contributed by atoms with E-state index in [0.29, 0.717) is 18.0 Å². The summed E-state index contributed by atoms with van der Waals surface area (Å²) < 4.78 is 35.4. The molecule has 0 bridgehead atoms. The molecule has 0 saturated carbocycles. The molecule has 4 rings (SSSR count). The predicted molar refractivity (Wildman–Crippen MR) is 134 cm³/mol. The molecule has 4 aromatic rings. The summed E-state index contributed by atoms with van der Waals surface area (Å²) in [5.41, 5.74) is 2.15. The summed E-state index contributed by atoms with van der Waals surface area (Å²) in [6, 6.07) is 22.4. The Morgan fingerprint density at radius 1 is 1.00 bits per heavy atom. The first kappa shape index (κ1) is 24.0. The fourth-order valence-corrected chi connectivity index (χ4v) is 5.03.